The molecule has 0 saturated carbocycles. The maximum atomic E-state index is 11.5. The molecule has 0 radical (unpaired) electrons. The van der Waals surface area contributed by atoms with Gasteiger partial charge in [-0.05, 0) is 6.42 Å². The third-order valence-corrected chi connectivity index (χ3v) is 2.65. The molecule has 0 spiro atoms. The predicted octanol–water partition coefficient (Wildman–Crippen LogP) is -1.27. The van der Waals surface area contributed by atoms with Crippen molar-refractivity contribution in [3.05, 3.63) is 0 Å². The van der Waals surface area contributed by atoms with Crippen LogP contribution >= 0.6 is 0 Å². The molecule has 1 unspecified atom stereocenters. The van der Waals surface area contributed by atoms with E-state index in [2.05, 4.69) is 10.6 Å². The first-order valence-electron chi connectivity index (χ1n) is 5.00. The van der Waals surface area contributed by atoms with E-state index >= 15 is 0 Å². The van der Waals surface area contributed by atoms with Crippen molar-refractivity contribution in [2.45, 2.75) is 25.3 Å². The van der Waals surface area contributed by atoms with Crippen molar-refractivity contribution in [2.24, 2.45) is 0 Å². The Morgan fingerprint density at radius 1 is 1.12 bits per heavy atom. The summed E-state index contributed by atoms with van der Waals surface area (Å²) in [7, 11) is 0. The van der Waals surface area contributed by atoms with Crippen LogP contribution in [0.4, 0.5) is 4.79 Å². The summed E-state index contributed by atoms with van der Waals surface area (Å²) in [5.41, 5.74) is 0. The highest BCUT2D eigenvalue weighted by atomic mass is 16.2. The molecule has 2 N–H and O–H groups in total. The lowest BCUT2D eigenvalue weighted by Gasteiger charge is -2.34. The van der Waals surface area contributed by atoms with Gasteiger partial charge in [-0.3, -0.25) is 24.6 Å². The van der Waals surface area contributed by atoms with E-state index in [1.807, 2.05) is 0 Å². The maximum absolute atomic E-state index is 11.5. The Morgan fingerprint density at radius 2 is 1.88 bits per heavy atom. The number of hydrogen-bond acceptors (Lipinski definition) is 4. The minimum Gasteiger partial charge on any atom is -0.354 e. The van der Waals surface area contributed by atoms with Crippen LogP contribution in [0.25, 0.3) is 0 Å². The number of barbiturate groups is 1. The Bertz CT molecular complexity index is 349. The molecule has 0 aliphatic carbocycles. The van der Waals surface area contributed by atoms with Crippen molar-refractivity contribution in [3.8, 4) is 0 Å². The summed E-state index contributed by atoms with van der Waals surface area (Å²) in [6, 6.07) is -1.04. The van der Waals surface area contributed by atoms with Gasteiger partial charge in [0.05, 0.1) is 6.04 Å². The Hall–Kier alpha value is -1.92. The third-order valence-electron chi connectivity index (χ3n) is 2.65. The van der Waals surface area contributed by atoms with E-state index in [4.69, 9.17) is 0 Å². The monoisotopic (exact) mass is 225 g/mol. The number of amides is 5. The van der Waals surface area contributed by atoms with Crippen LogP contribution in [0.1, 0.15) is 19.3 Å². The molecule has 1 atom stereocenters. The summed E-state index contributed by atoms with van der Waals surface area (Å²) < 4.78 is 0. The molecular weight excluding hydrogens is 214 g/mol. The molecule has 86 valence electrons. The van der Waals surface area contributed by atoms with Crippen LogP contribution < -0.4 is 10.6 Å². The predicted molar refractivity (Wildman–Crippen MR) is 51.0 cm³/mol. The lowest BCUT2D eigenvalue weighted by Crippen LogP contribution is -2.60. The largest absolute Gasteiger partial charge is 0.354 e. The number of hydrogen-bond donors (Lipinski definition) is 2. The van der Waals surface area contributed by atoms with E-state index in [0.29, 0.717) is 6.42 Å². The summed E-state index contributed by atoms with van der Waals surface area (Å²) in [6.45, 7) is 0.256. The van der Waals surface area contributed by atoms with E-state index in [0.717, 1.165) is 4.90 Å². The zero-order valence-corrected chi connectivity index (χ0v) is 8.49. The molecule has 0 aromatic rings. The minimum atomic E-state index is -0.692. The summed E-state index contributed by atoms with van der Waals surface area (Å²) in [6.07, 6.45) is 0.422. The number of rotatable bonds is 1. The van der Waals surface area contributed by atoms with Gasteiger partial charge >= 0.3 is 6.03 Å². The van der Waals surface area contributed by atoms with E-state index in [-0.39, 0.29) is 31.3 Å². The number of carbonyl (C=O) groups is 4. The fourth-order valence-electron chi connectivity index (χ4n) is 1.87. The smallest absolute Gasteiger partial charge is 0.331 e. The summed E-state index contributed by atoms with van der Waals surface area (Å²) in [5.74, 6) is -1.17. The first-order chi connectivity index (χ1) is 7.58. The van der Waals surface area contributed by atoms with Crippen LogP contribution in [0.15, 0.2) is 0 Å². The van der Waals surface area contributed by atoms with Crippen molar-refractivity contribution in [1.29, 1.82) is 0 Å². The number of nitrogens with zero attached hydrogens (tertiary/aromatic N) is 1. The van der Waals surface area contributed by atoms with Crippen molar-refractivity contribution in [3.63, 3.8) is 0 Å². The van der Waals surface area contributed by atoms with E-state index in [1.54, 1.807) is 0 Å². The lowest BCUT2D eigenvalue weighted by atomic mass is 10.0. The Labute approximate surface area is 91.2 Å². The topological polar surface area (TPSA) is 95.6 Å². The highest BCUT2D eigenvalue weighted by molar-refractivity contribution is 6.14. The molecular formula is C9H11N3O4. The molecule has 7 heteroatoms. The van der Waals surface area contributed by atoms with Crippen LogP contribution in [0.2, 0.25) is 0 Å². The quantitative estimate of drug-likeness (QED) is 0.544. The highest BCUT2D eigenvalue weighted by Gasteiger charge is 2.37. The average Bonchev–Trinajstić information content (AvgIpc) is 2.19. The standard InChI is InChI=1S/C9H11N3O4/c13-6-2-1-5(4-10-6)12-8(15)3-7(14)11-9(12)16/h5H,1-4H2,(H,10,13)(H,11,14,16). The van der Waals surface area contributed by atoms with Gasteiger partial charge in [0.25, 0.3) is 0 Å². The molecule has 2 aliphatic rings. The minimum absolute atomic E-state index is 0.0859. The zero-order valence-electron chi connectivity index (χ0n) is 8.49. The molecule has 0 bridgehead atoms. The first-order valence-corrected chi connectivity index (χ1v) is 5.00. The SMILES string of the molecule is O=C1CCC(N2C(=O)CC(=O)NC2=O)CN1. The van der Waals surface area contributed by atoms with Crippen molar-refractivity contribution < 1.29 is 19.2 Å². The second-order valence-corrected chi connectivity index (χ2v) is 3.79. The molecule has 2 aliphatic heterocycles. The molecule has 2 heterocycles. The van der Waals surface area contributed by atoms with Crippen LogP contribution in [0.5, 0.6) is 0 Å². The zero-order chi connectivity index (χ0) is 11.7. The van der Waals surface area contributed by atoms with Crippen LogP contribution in [-0.2, 0) is 14.4 Å². The normalized spacial score (nSPS) is 26.5. The van der Waals surface area contributed by atoms with Gasteiger partial charge in [0, 0.05) is 13.0 Å². The number of imide groups is 2. The third kappa shape index (κ3) is 1.88. The molecule has 16 heavy (non-hydrogen) atoms. The van der Waals surface area contributed by atoms with Gasteiger partial charge in [0.2, 0.25) is 17.7 Å². The van der Waals surface area contributed by atoms with Gasteiger partial charge in [-0.25, -0.2) is 4.79 Å². The number of carbonyl (C=O) groups excluding carboxylic acids is 4. The fourth-order valence-corrected chi connectivity index (χ4v) is 1.87. The van der Waals surface area contributed by atoms with E-state index in [9.17, 15) is 19.2 Å². The molecule has 5 amide bonds. The average molecular weight is 225 g/mol. The van der Waals surface area contributed by atoms with Gasteiger partial charge in [-0.15, -0.1) is 0 Å². The van der Waals surface area contributed by atoms with Gasteiger partial charge in [-0.1, -0.05) is 0 Å². The van der Waals surface area contributed by atoms with Gasteiger partial charge < -0.3 is 5.32 Å². The van der Waals surface area contributed by atoms with Crippen LogP contribution in [-0.4, -0.2) is 41.2 Å². The maximum Gasteiger partial charge on any atom is 0.331 e. The van der Waals surface area contributed by atoms with Crippen molar-refractivity contribution >= 4 is 23.8 Å². The summed E-state index contributed by atoms with van der Waals surface area (Å²) in [4.78, 5) is 45.9. The second kappa shape index (κ2) is 3.92. The molecule has 2 saturated heterocycles. The molecule has 2 fully saturated rings. The summed E-state index contributed by atoms with van der Waals surface area (Å²) in [5, 5.41) is 4.67. The highest BCUT2D eigenvalue weighted by Crippen LogP contribution is 2.15. The Balaban J connectivity index is 2.08. The van der Waals surface area contributed by atoms with Crippen LogP contribution in [0.3, 0.4) is 0 Å². The number of piperidine rings is 1. The molecule has 7 nitrogen and oxygen atoms in total. The fraction of sp³-hybridized carbons (Fsp3) is 0.556. The Kier molecular flexibility index (Phi) is 2.59. The van der Waals surface area contributed by atoms with Gasteiger partial charge in [0.15, 0.2) is 0 Å². The van der Waals surface area contributed by atoms with E-state index in [1.165, 1.54) is 0 Å². The summed E-state index contributed by atoms with van der Waals surface area (Å²) >= 11 is 0. The first kappa shape index (κ1) is 10.6. The molecule has 0 aromatic carbocycles. The van der Waals surface area contributed by atoms with Crippen molar-refractivity contribution in [2.75, 3.05) is 6.54 Å². The number of urea groups is 1. The van der Waals surface area contributed by atoms with Crippen LogP contribution in [0, 0.1) is 0 Å². The van der Waals surface area contributed by atoms with Gasteiger partial charge in [0.1, 0.15) is 6.42 Å². The lowest BCUT2D eigenvalue weighted by molar-refractivity contribution is -0.139. The van der Waals surface area contributed by atoms with Crippen molar-refractivity contribution in [1.82, 2.24) is 15.5 Å². The molecule has 2 rings (SSSR count). The van der Waals surface area contributed by atoms with E-state index < -0.39 is 17.8 Å². The Morgan fingerprint density at radius 3 is 2.44 bits per heavy atom. The van der Waals surface area contributed by atoms with Gasteiger partial charge in [-0.2, -0.15) is 0 Å². The molecule has 0 aromatic heterocycles. The second-order valence-electron chi connectivity index (χ2n) is 3.79. The number of nitrogens with one attached hydrogen (secondary N) is 2.